The lowest BCUT2D eigenvalue weighted by Crippen LogP contribution is -2.50. The van der Waals surface area contributed by atoms with Crippen molar-refractivity contribution >= 4 is 72.4 Å². The maximum absolute atomic E-state index is 15.5. The van der Waals surface area contributed by atoms with Crippen LogP contribution in [0.2, 0.25) is 36.3 Å². The van der Waals surface area contributed by atoms with Crippen molar-refractivity contribution < 1.29 is 55.6 Å². The van der Waals surface area contributed by atoms with Gasteiger partial charge in [-0.15, -0.1) is 0 Å². The SMILES string of the molecule is CC(C)CNc1nc2c(ncn2[C@@H]2O[C@H](CO)[C@@H](O[Si](C)(C)C(C)(C)C)[C@H]2OP(=O)(OCCC#N)OC[C@H]2O[C@@H](n3cnc4c(Nc5ccccc5)nccc43)[C@H](O[Si](C)(C)C(C)(C)C)[C@@H]2O[PH](=O)O)c(=O)[nH]1. The number of nitrogens with one attached hydrogen (secondary N) is 3. The number of para-hydroxylation sites is 1. The van der Waals surface area contributed by atoms with Crippen LogP contribution in [0.5, 0.6) is 0 Å². The minimum Gasteiger partial charge on any atom is -0.408 e. The summed E-state index contributed by atoms with van der Waals surface area (Å²) in [7, 11) is -14.2. The molecule has 2 unspecified atom stereocenters. The third kappa shape index (κ3) is 12.7. The van der Waals surface area contributed by atoms with E-state index in [4.69, 9.17) is 41.4 Å². The summed E-state index contributed by atoms with van der Waals surface area (Å²) in [5, 5.41) is 26.2. The van der Waals surface area contributed by atoms with Crippen LogP contribution in [0.15, 0.2) is 60.0 Å². The number of aromatic amines is 1. The van der Waals surface area contributed by atoms with E-state index in [1.807, 2.05) is 118 Å². The maximum Gasteiger partial charge on any atom is 0.475 e. The zero-order chi connectivity index (χ0) is 53.3. The van der Waals surface area contributed by atoms with E-state index in [0.29, 0.717) is 23.4 Å². The predicted molar refractivity (Wildman–Crippen MR) is 278 cm³/mol. The minimum atomic E-state index is -4.93. The van der Waals surface area contributed by atoms with Crippen LogP contribution in [-0.4, -0.2) is 124 Å². The van der Waals surface area contributed by atoms with Crippen LogP contribution in [0.25, 0.3) is 22.2 Å². The second-order valence-corrected chi connectivity index (χ2v) is 33.5. The van der Waals surface area contributed by atoms with Gasteiger partial charge in [0.25, 0.3) is 5.56 Å². The number of hydrogen-bond donors (Lipinski definition) is 5. The smallest absolute Gasteiger partial charge is 0.408 e. The van der Waals surface area contributed by atoms with Crippen LogP contribution in [0.4, 0.5) is 17.5 Å². The van der Waals surface area contributed by atoms with Gasteiger partial charge in [0.15, 0.2) is 46.1 Å². The number of imidazole rings is 2. The van der Waals surface area contributed by atoms with Gasteiger partial charge in [-0.3, -0.25) is 32.5 Å². The van der Waals surface area contributed by atoms with Gasteiger partial charge < -0.3 is 48.1 Å². The number of nitriles is 1. The summed E-state index contributed by atoms with van der Waals surface area (Å²) >= 11 is 0. The second-order valence-electron chi connectivity index (χ2n) is 21.6. The predicted octanol–water partition coefficient (Wildman–Crippen LogP) is 8.15. The molecule has 7 rings (SSSR count). The monoisotopic (exact) mass is 1090 g/mol. The van der Waals surface area contributed by atoms with E-state index < -0.39 is 107 Å². The number of nitrogens with zero attached hydrogens (tertiary/aromatic N) is 7. The molecular formula is C46H70N10O13P2Si2. The molecule has 0 spiro atoms. The van der Waals surface area contributed by atoms with Crippen molar-refractivity contribution in [3.05, 3.63) is 65.6 Å². The first-order valence-corrected chi connectivity index (χ1v) is 32.8. The van der Waals surface area contributed by atoms with Gasteiger partial charge in [0.1, 0.15) is 42.1 Å². The molecule has 2 aliphatic heterocycles. The molecule has 0 aliphatic carbocycles. The molecule has 5 N–H and O–H groups in total. The van der Waals surface area contributed by atoms with Crippen LogP contribution in [0, 0.1) is 17.2 Å². The first kappa shape index (κ1) is 56.5. The number of anilines is 3. The van der Waals surface area contributed by atoms with E-state index in [-0.39, 0.29) is 39.5 Å². The number of pyridine rings is 1. The topological polar surface area (TPSA) is 291 Å². The molecule has 10 atom stereocenters. The number of rotatable bonds is 22. The summed E-state index contributed by atoms with van der Waals surface area (Å²) < 4.78 is 83.3. The Bertz CT molecular complexity index is 2870. The lowest BCUT2D eigenvalue weighted by atomic mass is 10.1. The quantitative estimate of drug-likeness (QED) is 0.0248. The zero-order valence-corrected chi connectivity index (χ0v) is 47.3. The van der Waals surface area contributed by atoms with Crippen molar-refractivity contribution in [1.82, 2.24) is 34.1 Å². The van der Waals surface area contributed by atoms with Crippen LogP contribution in [-0.2, 0) is 45.6 Å². The highest BCUT2D eigenvalue weighted by molar-refractivity contribution is 7.48. The van der Waals surface area contributed by atoms with Gasteiger partial charge in [-0.05, 0) is 60.4 Å². The summed E-state index contributed by atoms with van der Waals surface area (Å²) in [6.45, 7) is 23.2. The Balaban J connectivity index is 1.29. The number of ether oxygens (including phenoxy) is 2. The van der Waals surface area contributed by atoms with E-state index in [2.05, 4.69) is 30.6 Å². The van der Waals surface area contributed by atoms with Crippen molar-refractivity contribution in [3.63, 3.8) is 0 Å². The van der Waals surface area contributed by atoms with Crippen molar-refractivity contribution in [2.75, 3.05) is 37.0 Å². The summed E-state index contributed by atoms with van der Waals surface area (Å²) in [5.74, 6) is 0.841. The number of benzene rings is 1. The molecule has 2 fully saturated rings. The minimum absolute atomic E-state index is 0.0290. The van der Waals surface area contributed by atoms with E-state index in [0.717, 1.165) is 5.69 Å². The Morgan fingerprint density at radius 2 is 1.52 bits per heavy atom. The van der Waals surface area contributed by atoms with E-state index in [1.165, 1.54) is 10.9 Å². The third-order valence-electron chi connectivity index (χ3n) is 13.8. The van der Waals surface area contributed by atoms with E-state index >= 15 is 4.57 Å². The largest absolute Gasteiger partial charge is 0.475 e. The van der Waals surface area contributed by atoms with Crippen molar-refractivity contribution in [2.24, 2.45) is 5.92 Å². The molecule has 0 radical (unpaired) electrons. The molecule has 5 aromatic rings. The van der Waals surface area contributed by atoms with Gasteiger partial charge in [0.2, 0.25) is 5.95 Å². The number of hydrogen-bond acceptors (Lipinski definition) is 19. The molecule has 2 saturated heterocycles. The first-order chi connectivity index (χ1) is 34.3. The molecule has 2 aliphatic rings. The first-order valence-electron chi connectivity index (χ1n) is 24.2. The average molecular weight is 1090 g/mol. The van der Waals surface area contributed by atoms with Gasteiger partial charge in [-0.1, -0.05) is 73.6 Å². The number of phosphoric acid groups is 1. The van der Waals surface area contributed by atoms with E-state index in [1.54, 1.807) is 23.2 Å². The molecule has 73 heavy (non-hydrogen) atoms. The fraction of sp³-hybridized carbons (Fsp3) is 0.609. The molecule has 4 aromatic heterocycles. The molecule has 23 nitrogen and oxygen atoms in total. The fourth-order valence-electron chi connectivity index (χ4n) is 7.84. The third-order valence-corrected chi connectivity index (χ3v) is 24.6. The molecule has 0 saturated carbocycles. The van der Waals surface area contributed by atoms with Gasteiger partial charge in [-0.25, -0.2) is 19.5 Å². The number of aliphatic hydroxyl groups excluding tert-OH is 1. The molecule has 1 aromatic carbocycles. The fourth-order valence-corrected chi connectivity index (χ4v) is 12.3. The van der Waals surface area contributed by atoms with Gasteiger partial charge in [0, 0.05) is 18.4 Å². The number of aromatic nitrogens is 7. The zero-order valence-electron chi connectivity index (χ0n) is 43.4. The van der Waals surface area contributed by atoms with Crippen molar-refractivity contribution in [3.8, 4) is 6.07 Å². The maximum atomic E-state index is 15.5. The Kier molecular flexibility index (Phi) is 17.4. The molecule has 400 valence electrons. The standard InChI is InChI=1S/C46H70N10O13P2Si2/c1-28(2)23-49-44-53-40-34(41(58)54-44)51-27-56(40)42-37(36(31(24-57)64-42)68-72(9,10)45(3,4)5)67-71(61,62-22-16-20-47)63-25-32-35(66-70(59)60)38(69-73(11,12)46(6,7)8)43(65-32)55-26-50-33-30(55)19-21-48-39(33)52-29-17-14-13-15-18-29/h13-15,17-19,21,26-28,31-32,35-38,42-43,57,70H,16,22-25H2,1-12H3,(H,48,52)(H,59,60)(H2,49,53,54,58)/t31-,32-,35-,36-,37-,38-,42-,43-,71?/m1/s1. The highest BCUT2D eigenvalue weighted by atomic mass is 31.2. The lowest BCUT2D eigenvalue weighted by Gasteiger charge is -2.40. The number of H-pyrrole nitrogens is 1. The Morgan fingerprint density at radius 1 is 0.890 bits per heavy atom. The van der Waals surface area contributed by atoms with Gasteiger partial charge in [-0.2, -0.15) is 10.2 Å². The van der Waals surface area contributed by atoms with Crippen LogP contribution >= 0.6 is 16.1 Å². The van der Waals surface area contributed by atoms with E-state index in [9.17, 15) is 24.6 Å². The Labute approximate surface area is 427 Å². The number of phosphoric ester groups is 1. The molecular weight excluding hydrogens is 1020 g/mol. The summed E-state index contributed by atoms with van der Waals surface area (Å²) in [5.41, 5.74) is 1.38. The Morgan fingerprint density at radius 3 is 2.15 bits per heavy atom. The van der Waals surface area contributed by atoms with Crippen LogP contribution in [0.1, 0.15) is 74.3 Å². The molecule has 6 heterocycles. The normalized spacial score (nSPS) is 24.3. The van der Waals surface area contributed by atoms with Crippen LogP contribution in [0.3, 0.4) is 0 Å². The highest BCUT2D eigenvalue weighted by Crippen LogP contribution is 2.56. The van der Waals surface area contributed by atoms with Gasteiger partial charge in [0.05, 0.1) is 50.5 Å². The van der Waals surface area contributed by atoms with Crippen molar-refractivity contribution in [1.29, 1.82) is 5.26 Å². The van der Waals surface area contributed by atoms with Crippen LogP contribution < -0.4 is 16.2 Å². The van der Waals surface area contributed by atoms with Gasteiger partial charge >= 0.3 is 16.1 Å². The summed E-state index contributed by atoms with van der Waals surface area (Å²) in [6.07, 6.45) is -5.34. The number of fused-ring (bicyclic) bond motifs is 2. The summed E-state index contributed by atoms with van der Waals surface area (Å²) in [4.78, 5) is 44.9. The molecule has 0 amide bonds. The molecule has 0 bridgehead atoms. The Hall–Kier alpha value is -4.23. The number of aliphatic hydroxyl groups is 1. The highest BCUT2D eigenvalue weighted by Gasteiger charge is 2.56. The average Bonchev–Trinajstić information content (AvgIpc) is 4.09. The summed E-state index contributed by atoms with van der Waals surface area (Å²) in [6, 6.07) is 13.2. The lowest BCUT2D eigenvalue weighted by molar-refractivity contribution is -0.0627. The second kappa shape index (κ2) is 22.5. The van der Waals surface area contributed by atoms with Crippen molar-refractivity contribution in [2.45, 2.75) is 147 Å². The molecule has 27 heteroatoms.